The van der Waals surface area contributed by atoms with E-state index >= 15 is 0 Å². The van der Waals surface area contributed by atoms with Crippen molar-refractivity contribution >= 4 is 11.8 Å². The molecular formula is C13H23N3S. The standard InChI is InChI=1S/C13H23N3S/c1-2-6-16-7-5-15-13(16)12(14)10-11-3-8-17-9-4-11/h5,7,11-12H,2-4,6,8-10,14H2,1H3. The zero-order valence-electron chi connectivity index (χ0n) is 10.6. The highest BCUT2D eigenvalue weighted by atomic mass is 32.2. The van der Waals surface area contributed by atoms with E-state index < -0.39 is 0 Å². The molecular weight excluding hydrogens is 230 g/mol. The second-order valence-corrected chi connectivity index (χ2v) is 6.10. The van der Waals surface area contributed by atoms with Gasteiger partial charge in [0.05, 0.1) is 6.04 Å². The maximum atomic E-state index is 6.31. The minimum absolute atomic E-state index is 0.115. The Kier molecular flexibility index (Phi) is 4.92. The van der Waals surface area contributed by atoms with E-state index in [9.17, 15) is 0 Å². The lowest BCUT2D eigenvalue weighted by atomic mass is 9.94. The van der Waals surface area contributed by atoms with Crippen molar-refractivity contribution in [3.8, 4) is 0 Å². The van der Waals surface area contributed by atoms with E-state index in [1.807, 2.05) is 6.20 Å². The number of aromatic nitrogens is 2. The van der Waals surface area contributed by atoms with E-state index in [2.05, 4.69) is 34.4 Å². The number of nitrogens with zero attached hydrogens (tertiary/aromatic N) is 2. The topological polar surface area (TPSA) is 43.8 Å². The molecule has 0 saturated carbocycles. The summed E-state index contributed by atoms with van der Waals surface area (Å²) in [4.78, 5) is 4.43. The molecule has 1 aliphatic heterocycles. The molecule has 1 atom stereocenters. The first-order chi connectivity index (χ1) is 8.31. The maximum absolute atomic E-state index is 6.31. The van der Waals surface area contributed by atoms with Crippen molar-refractivity contribution in [2.75, 3.05) is 11.5 Å². The first-order valence-corrected chi connectivity index (χ1v) is 7.81. The summed E-state index contributed by atoms with van der Waals surface area (Å²) in [6.45, 7) is 3.22. The fourth-order valence-electron chi connectivity index (χ4n) is 2.53. The average molecular weight is 253 g/mol. The van der Waals surface area contributed by atoms with Gasteiger partial charge in [-0.2, -0.15) is 11.8 Å². The van der Waals surface area contributed by atoms with Crippen LogP contribution in [0.4, 0.5) is 0 Å². The number of rotatable bonds is 5. The summed E-state index contributed by atoms with van der Waals surface area (Å²) >= 11 is 2.07. The lowest BCUT2D eigenvalue weighted by Crippen LogP contribution is -2.22. The molecule has 1 aliphatic rings. The number of imidazole rings is 1. The van der Waals surface area contributed by atoms with Crippen molar-refractivity contribution in [1.29, 1.82) is 0 Å². The van der Waals surface area contributed by atoms with Gasteiger partial charge in [-0.3, -0.25) is 0 Å². The molecule has 2 N–H and O–H groups in total. The molecule has 1 aromatic heterocycles. The molecule has 2 rings (SSSR count). The van der Waals surface area contributed by atoms with Gasteiger partial charge in [0.1, 0.15) is 5.82 Å². The largest absolute Gasteiger partial charge is 0.334 e. The van der Waals surface area contributed by atoms with Crippen LogP contribution >= 0.6 is 11.8 Å². The highest BCUT2D eigenvalue weighted by Gasteiger charge is 2.20. The van der Waals surface area contributed by atoms with Crippen LogP contribution in [0.5, 0.6) is 0 Å². The molecule has 0 amide bonds. The van der Waals surface area contributed by atoms with Crippen molar-refractivity contribution in [1.82, 2.24) is 9.55 Å². The Balaban J connectivity index is 1.93. The van der Waals surface area contributed by atoms with E-state index in [0.29, 0.717) is 0 Å². The van der Waals surface area contributed by atoms with Crippen LogP contribution in [0.2, 0.25) is 0 Å². The first kappa shape index (κ1) is 13.0. The number of nitrogens with two attached hydrogens (primary N) is 1. The van der Waals surface area contributed by atoms with Crippen molar-refractivity contribution in [3.63, 3.8) is 0 Å². The molecule has 1 unspecified atom stereocenters. The molecule has 4 heteroatoms. The third-order valence-corrected chi connectivity index (χ3v) is 4.52. The van der Waals surface area contributed by atoms with Gasteiger partial charge in [-0.15, -0.1) is 0 Å². The number of hydrogen-bond acceptors (Lipinski definition) is 3. The second-order valence-electron chi connectivity index (χ2n) is 4.88. The SMILES string of the molecule is CCCn1ccnc1C(N)CC1CCSCC1. The minimum Gasteiger partial charge on any atom is -0.334 e. The van der Waals surface area contributed by atoms with Crippen molar-refractivity contribution in [3.05, 3.63) is 18.2 Å². The molecule has 3 nitrogen and oxygen atoms in total. The lowest BCUT2D eigenvalue weighted by molar-refractivity contribution is 0.397. The van der Waals surface area contributed by atoms with Crippen LogP contribution in [0.1, 0.15) is 44.5 Å². The molecule has 2 heterocycles. The van der Waals surface area contributed by atoms with E-state index in [0.717, 1.165) is 31.1 Å². The molecule has 1 saturated heterocycles. The van der Waals surface area contributed by atoms with Gasteiger partial charge >= 0.3 is 0 Å². The van der Waals surface area contributed by atoms with Crippen LogP contribution in [-0.2, 0) is 6.54 Å². The Labute approximate surface area is 108 Å². The van der Waals surface area contributed by atoms with Gasteiger partial charge in [0, 0.05) is 18.9 Å². The third-order valence-electron chi connectivity index (χ3n) is 3.47. The Morgan fingerprint density at radius 2 is 2.29 bits per heavy atom. The first-order valence-electron chi connectivity index (χ1n) is 6.65. The fourth-order valence-corrected chi connectivity index (χ4v) is 3.73. The molecule has 17 heavy (non-hydrogen) atoms. The quantitative estimate of drug-likeness (QED) is 0.877. The summed E-state index contributed by atoms with van der Waals surface area (Å²) in [6.07, 6.45) is 8.81. The molecule has 0 spiro atoms. The molecule has 0 aromatic carbocycles. The number of hydrogen-bond donors (Lipinski definition) is 1. The van der Waals surface area contributed by atoms with Crippen molar-refractivity contribution in [2.45, 2.75) is 45.2 Å². The summed E-state index contributed by atoms with van der Waals surface area (Å²) in [5.74, 6) is 4.49. The average Bonchev–Trinajstić information content (AvgIpc) is 2.79. The van der Waals surface area contributed by atoms with Gasteiger partial charge in [0.2, 0.25) is 0 Å². The van der Waals surface area contributed by atoms with E-state index in [1.54, 1.807) is 0 Å². The van der Waals surface area contributed by atoms with E-state index in [-0.39, 0.29) is 6.04 Å². The van der Waals surface area contributed by atoms with Gasteiger partial charge in [-0.25, -0.2) is 4.98 Å². The van der Waals surface area contributed by atoms with Crippen LogP contribution in [0.3, 0.4) is 0 Å². The molecule has 0 aliphatic carbocycles. The summed E-state index contributed by atoms with van der Waals surface area (Å²) in [7, 11) is 0. The highest BCUT2D eigenvalue weighted by Crippen LogP contribution is 2.29. The molecule has 96 valence electrons. The minimum atomic E-state index is 0.115. The van der Waals surface area contributed by atoms with Crippen LogP contribution < -0.4 is 5.73 Å². The van der Waals surface area contributed by atoms with Crippen LogP contribution in [-0.4, -0.2) is 21.1 Å². The second kappa shape index (κ2) is 6.45. The highest BCUT2D eigenvalue weighted by molar-refractivity contribution is 7.99. The third kappa shape index (κ3) is 3.49. The monoisotopic (exact) mass is 253 g/mol. The zero-order valence-corrected chi connectivity index (χ0v) is 11.5. The van der Waals surface area contributed by atoms with Gasteiger partial charge in [-0.05, 0) is 43.1 Å². The summed E-state index contributed by atoms with van der Waals surface area (Å²) < 4.78 is 2.21. The van der Waals surface area contributed by atoms with Crippen LogP contribution in [0, 0.1) is 5.92 Å². The van der Waals surface area contributed by atoms with Gasteiger partial charge < -0.3 is 10.3 Å². The van der Waals surface area contributed by atoms with Crippen LogP contribution in [0.25, 0.3) is 0 Å². The van der Waals surface area contributed by atoms with E-state index in [1.165, 1.54) is 24.3 Å². The fraction of sp³-hybridized carbons (Fsp3) is 0.769. The van der Waals surface area contributed by atoms with Crippen molar-refractivity contribution in [2.24, 2.45) is 11.7 Å². The normalized spacial score (nSPS) is 19.4. The predicted molar refractivity (Wildman–Crippen MR) is 74.1 cm³/mol. The summed E-state index contributed by atoms with van der Waals surface area (Å²) in [5.41, 5.74) is 6.31. The molecule has 1 fully saturated rings. The van der Waals surface area contributed by atoms with Gasteiger partial charge in [0.15, 0.2) is 0 Å². The van der Waals surface area contributed by atoms with Crippen molar-refractivity contribution < 1.29 is 0 Å². The zero-order chi connectivity index (χ0) is 12.1. The van der Waals surface area contributed by atoms with E-state index in [4.69, 9.17) is 5.73 Å². The molecule has 0 radical (unpaired) electrons. The Hall–Kier alpha value is -0.480. The molecule has 0 bridgehead atoms. The summed E-state index contributed by atoms with van der Waals surface area (Å²) in [6, 6.07) is 0.115. The lowest BCUT2D eigenvalue weighted by Gasteiger charge is -2.24. The smallest absolute Gasteiger partial charge is 0.125 e. The maximum Gasteiger partial charge on any atom is 0.125 e. The molecule has 1 aromatic rings. The predicted octanol–water partition coefficient (Wildman–Crippen LogP) is 2.83. The number of thioether (sulfide) groups is 1. The summed E-state index contributed by atoms with van der Waals surface area (Å²) in [5, 5.41) is 0. The Morgan fingerprint density at radius 3 is 3.00 bits per heavy atom. The Morgan fingerprint density at radius 1 is 1.53 bits per heavy atom. The van der Waals surface area contributed by atoms with Crippen LogP contribution in [0.15, 0.2) is 12.4 Å². The van der Waals surface area contributed by atoms with Gasteiger partial charge in [0.25, 0.3) is 0 Å². The number of aryl methyl sites for hydroxylation is 1. The van der Waals surface area contributed by atoms with Gasteiger partial charge in [-0.1, -0.05) is 6.92 Å². The Bertz CT molecular complexity index is 331.